The fraction of sp³-hybridized carbons (Fsp3) is 0.409. The van der Waals surface area contributed by atoms with Crippen LogP contribution in [-0.2, 0) is 26.7 Å². The first kappa shape index (κ1) is 22.2. The molecule has 0 saturated carbocycles. The molecule has 2 rings (SSSR count). The van der Waals surface area contributed by atoms with Crippen LogP contribution >= 0.6 is 0 Å². The lowest BCUT2D eigenvalue weighted by Gasteiger charge is -2.20. The van der Waals surface area contributed by atoms with Crippen molar-refractivity contribution >= 4 is 23.7 Å². The molecule has 29 heavy (non-hydrogen) atoms. The van der Waals surface area contributed by atoms with Gasteiger partial charge in [0.15, 0.2) is 5.76 Å². The quantitative estimate of drug-likeness (QED) is 0.312. The van der Waals surface area contributed by atoms with Crippen LogP contribution in [0.1, 0.15) is 43.3 Å². The summed E-state index contributed by atoms with van der Waals surface area (Å²) >= 11 is 0. The molecule has 7 nitrogen and oxygen atoms in total. The van der Waals surface area contributed by atoms with Crippen molar-refractivity contribution < 1.29 is 19.0 Å². The molecule has 1 aromatic carbocycles. The van der Waals surface area contributed by atoms with Gasteiger partial charge in [0.25, 0.3) is 0 Å². The highest BCUT2D eigenvalue weighted by molar-refractivity contribution is 6.18. The first-order chi connectivity index (χ1) is 13.7. The zero-order chi connectivity index (χ0) is 21.6. The smallest absolute Gasteiger partial charge is 0.454 e. The molecule has 0 bridgehead atoms. The van der Waals surface area contributed by atoms with Gasteiger partial charge in [0.2, 0.25) is 6.79 Å². The Morgan fingerprint density at radius 3 is 2.34 bits per heavy atom. The number of ether oxygens (including phenoxy) is 3. The monoisotopic (exact) mass is 399 g/mol. The minimum absolute atomic E-state index is 0.0497. The topological polar surface area (TPSA) is 74.9 Å². The van der Waals surface area contributed by atoms with E-state index in [2.05, 4.69) is 47.7 Å². The summed E-state index contributed by atoms with van der Waals surface area (Å²) in [5.74, 6) is 0.506. The van der Waals surface area contributed by atoms with E-state index in [1.807, 2.05) is 32.2 Å². The van der Waals surface area contributed by atoms with E-state index in [0.717, 1.165) is 22.5 Å². The summed E-state index contributed by atoms with van der Waals surface area (Å²) in [5, 5.41) is 4.40. The molecule has 0 aliphatic heterocycles. The Bertz CT molecular complexity index is 903. The number of nitrogens with zero attached hydrogens (tertiary/aromatic N) is 3. The predicted octanol–water partition coefficient (Wildman–Crippen LogP) is 4.35. The molecule has 0 radical (unpaired) electrons. The Morgan fingerprint density at radius 1 is 1.21 bits per heavy atom. The summed E-state index contributed by atoms with van der Waals surface area (Å²) in [6.45, 7) is 8.11. The van der Waals surface area contributed by atoms with Gasteiger partial charge in [-0.05, 0) is 29.5 Å². The van der Waals surface area contributed by atoms with Crippen LogP contribution in [-0.4, -0.2) is 43.1 Å². The SMILES string of the molecule is C/N=C\C(=C(\OCOC(=O)OC)c1cc(C)nn1C)c1ccc(C(C)(C)C)cc1. The average molecular weight is 399 g/mol. The first-order valence-electron chi connectivity index (χ1n) is 9.29. The highest BCUT2D eigenvalue weighted by Gasteiger charge is 2.19. The van der Waals surface area contributed by atoms with E-state index in [-0.39, 0.29) is 12.2 Å². The molecule has 0 aliphatic rings. The van der Waals surface area contributed by atoms with E-state index in [0.29, 0.717) is 5.76 Å². The van der Waals surface area contributed by atoms with E-state index in [1.54, 1.807) is 17.9 Å². The van der Waals surface area contributed by atoms with Gasteiger partial charge >= 0.3 is 6.16 Å². The van der Waals surface area contributed by atoms with Crippen LogP contribution in [0.15, 0.2) is 35.3 Å². The van der Waals surface area contributed by atoms with Crippen LogP contribution in [0.2, 0.25) is 0 Å². The molecule has 0 unspecified atom stereocenters. The minimum atomic E-state index is -0.814. The second-order valence-corrected chi connectivity index (χ2v) is 7.61. The van der Waals surface area contributed by atoms with Gasteiger partial charge in [-0.15, -0.1) is 0 Å². The number of allylic oxidation sites excluding steroid dienone is 1. The maximum atomic E-state index is 11.3. The molecule has 0 fully saturated rings. The van der Waals surface area contributed by atoms with E-state index < -0.39 is 6.16 Å². The molecule has 1 heterocycles. The molecule has 156 valence electrons. The van der Waals surface area contributed by atoms with Crippen molar-refractivity contribution in [3.63, 3.8) is 0 Å². The van der Waals surface area contributed by atoms with Crippen LogP contribution in [0.4, 0.5) is 4.79 Å². The van der Waals surface area contributed by atoms with Crippen molar-refractivity contribution in [2.45, 2.75) is 33.1 Å². The lowest BCUT2D eigenvalue weighted by atomic mass is 9.86. The Morgan fingerprint density at radius 2 is 1.86 bits per heavy atom. The maximum Gasteiger partial charge on any atom is 0.510 e. The molecule has 0 amide bonds. The van der Waals surface area contributed by atoms with Crippen molar-refractivity contribution in [3.05, 3.63) is 52.8 Å². The van der Waals surface area contributed by atoms with Gasteiger partial charge in [0.05, 0.1) is 12.8 Å². The normalized spacial score (nSPS) is 12.7. The molecule has 0 aliphatic carbocycles. The number of hydrogen-bond acceptors (Lipinski definition) is 6. The molecule has 0 spiro atoms. The Balaban J connectivity index is 2.55. The van der Waals surface area contributed by atoms with Gasteiger partial charge in [-0.3, -0.25) is 9.67 Å². The lowest BCUT2D eigenvalue weighted by molar-refractivity contribution is 0.00354. The van der Waals surface area contributed by atoms with E-state index in [1.165, 1.54) is 12.7 Å². The van der Waals surface area contributed by atoms with Crippen molar-refractivity contribution in [2.24, 2.45) is 12.0 Å². The largest absolute Gasteiger partial charge is 0.510 e. The fourth-order valence-corrected chi connectivity index (χ4v) is 2.85. The molecule has 1 aromatic heterocycles. The zero-order valence-electron chi connectivity index (χ0n) is 18.1. The summed E-state index contributed by atoms with van der Waals surface area (Å²) in [6, 6.07) is 10.2. The maximum absolute atomic E-state index is 11.3. The number of carbonyl (C=O) groups excluding carboxylic acids is 1. The average Bonchev–Trinajstić information content (AvgIpc) is 3.01. The minimum Gasteiger partial charge on any atom is -0.454 e. The molecular weight excluding hydrogens is 370 g/mol. The number of aromatic nitrogens is 2. The Kier molecular flexibility index (Phi) is 7.20. The number of methoxy groups -OCH3 is 1. The van der Waals surface area contributed by atoms with Crippen molar-refractivity contribution in [3.8, 4) is 0 Å². The third-order valence-corrected chi connectivity index (χ3v) is 4.35. The Labute approximate surface area is 172 Å². The van der Waals surface area contributed by atoms with Crippen LogP contribution in [0.3, 0.4) is 0 Å². The van der Waals surface area contributed by atoms with Gasteiger partial charge in [-0.25, -0.2) is 4.79 Å². The molecule has 0 atom stereocenters. The summed E-state index contributed by atoms with van der Waals surface area (Å²) in [5.41, 5.74) is 4.54. The second kappa shape index (κ2) is 9.41. The van der Waals surface area contributed by atoms with Gasteiger partial charge in [-0.2, -0.15) is 5.10 Å². The van der Waals surface area contributed by atoms with E-state index in [4.69, 9.17) is 9.47 Å². The molecule has 0 saturated heterocycles. The summed E-state index contributed by atoms with van der Waals surface area (Å²) in [7, 11) is 4.77. The second-order valence-electron chi connectivity index (χ2n) is 7.61. The van der Waals surface area contributed by atoms with E-state index in [9.17, 15) is 4.79 Å². The first-order valence-corrected chi connectivity index (χ1v) is 9.29. The summed E-state index contributed by atoms with van der Waals surface area (Å²) < 4.78 is 17.0. The number of hydrogen-bond donors (Lipinski definition) is 0. The standard InChI is InChI=1S/C22H29N3O4/c1-15-12-19(25(6)24-15)20(28-14-29-21(26)27-7)18(13-23-5)16-8-10-17(11-9-16)22(2,3)4/h8-13H,14H2,1-7H3/b20-18-,23-13-. The number of carbonyl (C=O) groups is 1. The predicted molar refractivity (Wildman–Crippen MR) is 114 cm³/mol. The highest BCUT2D eigenvalue weighted by Crippen LogP contribution is 2.29. The molecule has 7 heteroatoms. The van der Waals surface area contributed by atoms with Gasteiger partial charge in [-0.1, -0.05) is 45.0 Å². The molecule has 2 aromatic rings. The van der Waals surface area contributed by atoms with Crippen molar-refractivity contribution in [1.29, 1.82) is 0 Å². The Hall–Kier alpha value is -3.09. The fourth-order valence-electron chi connectivity index (χ4n) is 2.85. The van der Waals surface area contributed by atoms with E-state index >= 15 is 0 Å². The number of aryl methyl sites for hydroxylation is 2. The highest BCUT2D eigenvalue weighted by atomic mass is 16.8. The number of aliphatic imine (C=N–C) groups is 1. The van der Waals surface area contributed by atoms with Gasteiger partial charge < -0.3 is 14.2 Å². The third-order valence-electron chi connectivity index (χ3n) is 4.35. The number of rotatable bonds is 6. The van der Waals surface area contributed by atoms with Crippen LogP contribution in [0, 0.1) is 6.92 Å². The zero-order valence-corrected chi connectivity index (χ0v) is 18.1. The van der Waals surface area contributed by atoms with Crippen LogP contribution < -0.4 is 0 Å². The third kappa shape index (κ3) is 5.70. The van der Waals surface area contributed by atoms with Gasteiger partial charge in [0, 0.05) is 25.9 Å². The summed E-state index contributed by atoms with van der Waals surface area (Å²) in [6.07, 6.45) is 0.910. The summed E-state index contributed by atoms with van der Waals surface area (Å²) in [4.78, 5) is 15.5. The van der Waals surface area contributed by atoms with Crippen molar-refractivity contribution in [1.82, 2.24) is 9.78 Å². The van der Waals surface area contributed by atoms with Gasteiger partial charge in [0.1, 0.15) is 5.69 Å². The van der Waals surface area contributed by atoms with Crippen LogP contribution in [0.5, 0.6) is 0 Å². The number of benzene rings is 1. The molecular formula is C22H29N3O4. The van der Waals surface area contributed by atoms with Crippen LogP contribution in [0.25, 0.3) is 11.3 Å². The molecule has 0 N–H and O–H groups in total. The lowest BCUT2D eigenvalue weighted by Crippen LogP contribution is -2.12. The van der Waals surface area contributed by atoms with Crippen molar-refractivity contribution in [2.75, 3.05) is 21.0 Å².